The molecule has 0 saturated heterocycles. The predicted molar refractivity (Wildman–Crippen MR) is 161 cm³/mol. The molecular weight excluding hydrogens is 490 g/mol. The van der Waals surface area contributed by atoms with E-state index in [0.717, 1.165) is 66.3 Å². The van der Waals surface area contributed by atoms with Crippen molar-refractivity contribution in [2.75, 3.05) is 0 Å². The Balaban J connectivity index is 1.29. The molecule has 0 spiro atoms. The third-order valence-electron chi connectivity index (χ3n) is 7.71. The van der Waals surface area contributed by atoms with E-state index in [4.69, 9.17) is 4.42 Å². The molecule has 3 heterocycles. The Labute approximate surface area is 230 Å². The van der Waals surface area contributed by atoms with E-state index in [9.17, 15) is 5.26 Å². The molecule has 0 aliphatic carbocycles. The van der Waals surface area contributed by atoms with Crippen LogP contribution in [0.5, 0.6) is 0 Å². The normalized spacial score (nSPS) is 11.5. The van der Waals surface area contributed by atoms with E-state index in [0.29, 0.717) is 5.69 Å². The molecule has 0 aliphatic rings. The number of hydrogen-bond donors (Lipinski definition) is 0. The Morgan fingerprint density at radius 2 is 1.35 bits per heavy atom. The monoisotopic (exact) mass is 511 g/mol. The van der Waals surface area contributed by atoms with Crippen LogP contribution in [0.2, 0.25) is 0 Å². The Kier molecular flexibility index (Phi) is 4.85. The fourth-order valence-corrected chi connectivity index (χ4v) is 5.86. The maximum absolute atomic E-state index is 9.20. The molecule has 0 unspecified atom stereocenters. The highest BCUT2D eigenvalue weighted by Gasteiger charge is 2.18. The highest BCUT2D eigenvalue weighted by molar-refractivity contribution is 6.23. The van der Waals surface area contributed by atoms with Gasteiger partial charge in [-0.1, -0.05) is 72.8 Å². The first-order valence-electron chi connectivity index (χ1n) is 13.2. The standard InChI is InChI=1S/C36H21N3O/c37-22-27-20-26(18-19-38-27)24-14-12-23(13-15-24)25-6-5-7-28(21-25)39-32-10-3-1-9-31(32)35-33(39)17-16-30-29-8-2-4-11-34(29)40-36(30)35/h1-21H. The summed E-state index contributed by atoms with van der Waals surface area (Å²) in [5.41, 5.74) is 9.89. The molecule has 40 heavy (non-hydrogen) atoms. The first-order valence-corrected chi connectivity index (χ1v) is 13.2. The molecule has 0 amide bonds. The van der Waals surface area contributed by atoms with Crippen LogP contribution in [0.3, 0.4) is 0 Å². The van der Waals surface area contributed by atoms with Crippen molar-refractivity contribution in [1.82, 2.24) is 9.55 Å². The van der Waals surface area contributed by atoms with Gasteiger partial charge in [0, 0.05) is 28.0 Å². The van der Waals surface area contributed by atoms with E-state index in [2.05, 4.69) is 113 Å². The van der Waals surface area contributed by atoms with Gasteiger partial charge in [0.1, 0.15) is 22.9 Å². The summed E-state index contributed by atoms with van der Waals surface area (Å²) in [6.45, 7) is 0. The van der Waals surface area contributed by atoms with E-state index in [-0.39, 0.29) is 0 Å². The van der Waals surface area contributed by atoms with E-state index in [1.54, 1.807) is 6.20 Å². The summed E-state index contributed by atoms with van der Waals surface area (Å²) in [6.07, 6.45) is 1.68. The topological polar surface area (TPSA) is 54.8 Å². The van der Waals surface area contributed by atoms with Gasteiger partial charge in [0.2, 0.25) is 0 Å². The maximum Gasteiger partial charge on any atom is 0.145 e. The van der Waals surface area contributed by atoms with Gasteiger partial charge in [-0.25, -0.2) is 4.98 Å². The van der Waals surface area contributed by atoms with Crippen LogP contribution in [0.1, 0.15) is 5.69 Å². The Hall–Kier alpha value is -5.66. The Bertz CT molecular complexity index is 2280. The lowest BCUT2D eigenvalue weighted by Crippen LogP contribution is -1.94. The van der Waals surface area contributed by atoms with Crippen molar-refractivity contribution < 1.29 is 4.42 Å². The molecule has 186 valence electrons. The van der Waals surface area contributed by atoms with Crippen LogP contribution in [-0.2, 0) is 0 Å². The van der Waals surface area contributed by atoms with Crippen LogP contribution in [0.4, 0.5) is 0 Å². The maximum atomic E-state index is 9.20. The van der Waals surface area contributed by atoms with Gasteiger partial charge in [-0.3, -0.25) is 0 Å². The number of furan rings is 1. The SMILES string of the molecule is N#Cc1cc(-c2ccc(-c3cccc(-n4c5ccccc5c5c6oc7ccccc7c6ccc54)c3)cc2)ccn1. The van der Waals surface area contributed by atoms with Crippen LogP contribution in [0.15, 0.2) is 132 Å². The molecule has 4 nitrogen and oxygen atoms in total. The first kappa shape index (κ1) is 22.3. The van der Waals surface area contributed by atoms with Crippen LogP contribution >= 0.6 is 0 Å². The minimum atomic E-state index is 0.417. The highest BCUT2D eigenvalue weighted by atomic mass is 16.3. The van der Waals surface area contributed by atoms with Gasteiger partial charge >= 0.3 is 0 Å². The van der Waals surface area contributed by atoms with E-state index in [1.165, 1.54) is 5.39 Å². The second-order valence-electron chi connectivity index (χ2n) is 9.96. The second-order valence-corrected chi connectivity index (χ2v) is 9.96. The van der Waals surface area contributed by atoms with Gasteiger partial charge in [-0.15, -0.1) is 0 Å². The average Bonchev–Trinajstić information content (AvgIpc) is 3.57. The smallest absolute Gasteiger partial charge is 0.145 e. The number of nitrogens with zero attached hydrogens (tertiary/aromatic N) is 3. The molecule has 0 fully saturated rings. The number of benzene rings is 5. The quantitative estimate of drug-likeness (QED) is 0.237. The number of rotatable bonds is 3. The number of fused-ring (bicyclic) bond motifs is 7. The summed E-state index contributed by atoms with van der Waals surface area (Å²) >= 11 is 0. The highest BCUT2D eigenvalue weighted by Crippen LogP contribution is 2.40. The van der Waals surface area contributed by atoms with E-state index in [1.807, 2.05) is 24.3 Å². The van der Waals surface area contributed by atoms with Gasteiger partial charge in [0.15, 0.2) is 0 Å². The zero-order valence-corrected chi connectivity index (χ0v) is 21.4. The molecular formula is C36H21N3O. The lowest BCUT2D eigenvalue weighted by molar-refractivity contribution is 0.673. The van der Waals surface area contributed by atoms with E-state index < -0.39 is 0 Å². The van der Waals surface area contributed by atoms with Crippen molar-refractivity contribution in [3.8, 4) is 34.0 Å². The summed E-state index contributed by atoms with van der Waals surface area (Å²) in [5, 5.41) is 13.8. The molecule has 8 rings (SSSR count). The van der Waals surface area contributed by atoms with Gasteiger partial charge < -0.3 is 8.98 Å². The van der Waals surface area contributed by atoms with Crippen molar-refractivity contribution in [3.63, 3.8) is 0 Å². The third-order valence-corrected chi connectivity index (χ3v) is 7.71. The third kappa shape index (κ3) is 3.35. The molecule has 0 bridgehead atoms. The fourth-order valence-electron chi connectivity index (χ4n) is 5.86. The lowest BCUT2D eigenvalue weighted by Gasteiger charge is -2.11. The Morgan fingerprint density at radius 3 is 2.17 bits per heavy atom. The largest absolute Gasteiger partial charge is 0.455 e. The number of hydrogen-bond acceptors (Lipinski definition) is 3. The number of para-hydroxylation sites is 2. The molecule has 0 atom stereocenters. The molecule has 0 aliphatic heterocycles. The zero-order valence-electron chi connectivity index (χ0n) is 21.4. The minimum Gasteiger partial charge on any atom is -0.455 e. The number of aromatic nitrogens is 2. The first-order chi connectivity index (χ1) is 19.8. The second kappa shape index (κ2) is 8.69. The molecule has 5 aromatic carbocycles. The zero-order chi connectivity index (χ0) is 26.6. The predicted octanol–water partition coefficient (Wildman–Crippen LogP) is 9.28. The number of pyridine rings is 1. The van der Waals surface area contributed by atoms with Crippen LogP contribution in [0.25, 0.3) is 71.7 Å². The molecule has 4 heteroatoms. The minimum absolute atomic E-state index is 0.417. The van der Waals surface area contributed by atoms with Crippen LogP contribution in [-0.4, -0.2) is 9.55 Å². The fraction of sp³-hybridized carbons (Fsp3) is 0. The van der Waals surface area contributed by atoms with E-state index >= 15 is 0 Å². The summed E-state index contributed by atoms with van der Waals surface area (Å²) in [4.78, 5) is 4.08. The summed E-state index contributed by atoms with van der Waals surface area (Å²) in [7, 11) is 0. The average molecular weight is 512 g/mol. The molecule has 0 radical (unpaired) electrons. The van der Waals surface area contributed by atoms with Crippen molar-refractivity contribution in [3.05, 3.63) is 133 Å². The molecule has 8 aromatic rings. The lowest BCUT2D eigenvalue weighted by atomic mass is 10.00. The van der Waals surface area contributed by atoms with Crippen molar-refractivity contribution in [2.45, 2.75) is 0 Å². The van der Waals surface area contributed by atoms with Gasteiger partial charge in [0.05, 0.1) is 16.4 Å². The molecule has 0 N–H and O–H groups in total. The Morgan fingerprint density at radius 1 is 0.600 bits per heavy atom. The summed E-state index contributed by atoms with van der Waals surface area (Å²) in [5.74, 6) is 0. The van der Waals surface area contributed by atoms with Crippen molar-refractivity contribution >= 4 is 43.7 Å². The van der Waals surface area contributed by atoms with Gasteiger partial charge in [0.25, 0.3) is 0 Å². The van der Waals surface area contributed by atoms with Crippen molar-refractivity contribution in [1.29, 1.82) is 5.26 Å². The van der Waals surface area contributed by atoms with Crippen LogP contribution < -0.4 is 0 Å². The van der Waals surface area contributed by atoms with Gasteiger partial charge in [-0.05, 0) is 70.8 Å². The van der Waals surface area contributed by atoms with Gasteiger partial charge in [-0.2, -0.15) is 5.26 Å². The summed E-state index contributed by atoms with van der Waals surface area (Å²) in [6, 6.07) is 44.1. The summed E-state index contributed by atoms with van der Waals surface area (Å²) < 4.78 is 8.77. The molecule has 3 aromatic heterocycles. The van der Waals surface area contributed by atoms with Crippen molar-refractivity contribution in [2.24, 2.45) is 0 Å². The molecule has 0 saturated carbocycles. The van der Waals surface area contributed by atoms with Crippen LogP contribution in [0, 0.1) is 11.3 Å². The number of nitriles is 1.